The first-order valence-corrected chi connectivity index (χ1v) is 9.28. The number of nitrogens with zero attached hydrogens (tertiary/aromatic N) is 3. The summed E-state index contributed by atoms with van der Waals surface area (Å²) < 4.78 is 30.3. The Morgan fingerprint density at radius 3 is 2.71 bits per heavy atom. The number of ether oxygens (including phenoxy) is 1. The molecule has 0 aliphatic carbocycles. The summed E-state index contributed by atoms with van der Waals surface area (Å²) in [5, 5.41) is 9.37. The van der Waals surface area contributed by atoms with Crippen molar-refractivity contribution >= 4 is 20.7 Å². The molecule has 0 bridgehead atoms. The number of aryl methyl sites for hydroxylation is 1. The van der Waals surface area contributed by atoms with Crippen LogP contribution in [0.5, 0.6) is 5.88 Å². The molecular weight excluding hydrogens is 330 g/mol. The van der Waals surface area contributed by atoms with E-state index >= 15 is 0 Å². The molecule has 2 aromatic rings. The molecule has 0 aliphatic heterocycles. The number of fused-ring (bicyclic) bond motifs is 1. The zero-order valence-corrected chi connectivity index (χ0v) is 14.6. The zero-order valence-electron chi connectivity index (χ0n) is 13.8. The maximum absolute atomic E-state index is 12.5. The van der Waals surface area contributed by atoms with Gasteiger partial charge in [0.15, 0.2) is 9.84 Å². The Morgan fingerprint density at radius 1 is 1.42 bits per heavy atom. The Balaban J connectivity index is 2.39. The van der Waals surface area contributed by atoms with E-state index in [2.05, 4.69) is 4.98 Å². The number of pyridine rings is 2. The lowest BCUT2D eigenvalue weighted by atomic mass is 10.2. The van der Waals surface area contributed by atoms with Crippen molar-refractivity contribution < 1.29 is 13.2 Å². The van der Waals surface area contributed by atoms with E-state index in [-0.39, 0.29) is 46.4 Å². The molecule has 0 fully saturated rings. The lowest BCUT2D eigenvalue weighted by Gasteiger charge is -2.10. The second-order valence-electron chi connectivity index (χ2n) is 5.91. The fraction of sp³-hybridized carbons (Fsp3) is 0.438. The molecule has 0 spiro atoms. The molecule has 2 heterocycles. The lowest BCUT2D eigenvalue weighted by Crippen LogP contribution is -2.26. The van der Waals surface area contributed by atoms with Crippen LogP contribution in [0.4, 0.5) is 0 Å². The van der Waals surface area contributed by atoms with E-state index in [0.29, 0.717) is 5.52 Å². The molecule has 0 saturated carbocycles. The standard InChI is InChI=1S/C16H19N3O4S/c1-11(2)10-24(21,22)7-6-19-5-4-14-13(16(19)20)8-12(9-17)15(18-14)23-3/h4-5,8,11H,6-7,10H2,1-3H3. The van der Waals surface area contributed by atoms with Crippen LogP contribution in [-0.4, -0.2) is 36.6 Å². The Labute approximate surface area is 140 Å². The number of hydrogen-bond acceptors (Lipinski definition) is 6. The van der Waals surface area contributed by atoms with Crippen LogP contribution in [-0.2, 0) is 16.4 Å². The summed E-state index contributed by atoms with van der Waals surface area (Å²) in [7, 11) is -1.82. The summed E-state index contributed by atoms with van der Waals surface area (Å²) in [6.07, 6.45) is 1.51. The SMILES string of the molecule is COc1nc2ccn(CCS(=O)(=O)CC(C)C)c(=O)c2cc1C#N. The fourth-order valence-electron chi connectivity index (χ4n) is 2.43. The van der Waals surface area contributed by atoms with E-state index in [4.69, 9.17) is 10.00 Å². The first-order chi connectivity index (χ1) is 11.3. The second-order valence-corrected chi connectivity index (χ2v) is 8.14. The summed E-state index contributed by atoms with van der Waals surface area (Å²) in [5.41, 5.74) is 0.184. The van der Waals surface area contributed by atoms with E-state index < -0.39 is 9.84 Å². The average molecular weight is 349 g/mol. The van der Waals surface area contributed by atoms with Gasteiger partial charge in [0.2, 0.25) is 5.88 Å². The van der Waals surface area contributed by atoms with Gasteiger partial charge in [-0.2, -0.15) is 5.26 Å². The van der Waals surface area contributed by atoms with Crippen molar-refractivity contribution in [3.8, 4) is 11.9 Å². The van der Waals surface area contributed by atoms with E-state index in [1.165, 1.54) is 23.9 Å². The van der Waals surface area contributed by atoms with Gasteiger partial charge in [-0.25, -0.2) is 13.4 Å². The van der Waals surface area contributed by atoms with Crippen LogP contribution < -0.4 is 10.3 Å². The zero-order chi connectivity index (χ0) is 17.9. The van der Waals surface area contributed by atoms with E-state index in [1.54, 1.807) is 6.07 Å². The van der Waals surface area contributed by atoms with Crippen molar-refractivity contribution in [3.63, 3.8) is 0 Å². The van der Waals surface area contributed by atoms with Crippen LogP contribution in [0.1, 0.15) is 19.4 Å². The van der Waals surface area contributed by atoms with Gasteiger partial charge in [0, 0.05) is 12.7 Å². The van der Waals surface area contributed by atoms with Crippen molar-refractivity contribution in [1.29, 1.82) is 5.26 Å². The second kappa shape index (κ2) is 7.01. The van der Waals surface area contributed by atoms with Gasteiger partial charge in [-0.3, -0.25) is 4.79 Å². The highest BCUT2D eigenvalue weighted by Gasteiger charge is 2.15. The molecule has 2 aromatic heterocycles. The molecule has 0 aliphatic rings. The van der Waals surface area contributed by atoms with Gasteiger partial charge >= 0.3 is 0 Å². The van der Waals surface area contributed by atoms with Crippen LogP contribution in [0.2, 0.25) is 0 Å². The maximum atomic E-state index is 12.5. The molecule has 2 rings (SSSR count). The number of rotatable bonds is 6. The number of nitriles is 1. The Hall–Kier alpha value is -2.40. The minimum atomic E-state index is -3.22. The van der Waals surface area contributed by atoms with Crippen molar-refractivity contribution in [2.75, 3.05) is 18.6 Å². The minimum Gasteiger partial charge on any atom is -0.480 e. The average Bonchev–Trinajstić information content (AvgIpc) is 2.52. The summed E-state index contributed by atoms with van der Waals surface area (Å²) >= 11 is 0. The Morgan fingerprint density at radius 2 is 2.12 bits per heavy atom. The van der Waals surface area contributed by atoms with Gasteiger partial charge in [-0.1, -0.05) is 13.8 Å². The first kappa shape index (κ1) is 17.9. The van der Waals surface area contributed by atoms with Gasteiger partial charge in [0.05, 0.1) is 29.5 Å². The van der Waals surface area contributed by atoms with Crippen LogP contribution in [0.3, 0.4) is 0 Å². The van der Waals surface area contributed by atoms with E-state index in [9.17, 15) is 13.2 Å². The molecular formula is C16H19N3O4S. The van der Waals surface area contributed by atoms with Gasteiger partial charge in [0.1, 0.15) is 11.6 Å². The van der Waals surface area contributed by atoms with Crippen LogP contribution in [0, 0.1) is 17.2 Å². The van der Waals surface area contributed by atoms with Crippen LogP contribution in [0.15, 0.2) is 23.1 Å². The highest BCUT2D eigenvalue weighted by atomic mass is 32.2. The smallest absolute Gasteiger partial charge is 0.260 e. The molecule has 0 saturated heterocycles. The third kappa shape index (κ3) is 3.92. The monoisotopic (exact) mass is 349 g/mol. The van der Waals surface area contributed by atoms with E-state index in [0.717, 1.165) is 0 Å². The highest BCUT2D eigenvalue weighted by molar-refractivity contribution is 7.91. The van der Waals surface area contributed by atoms with E-state index in [1.807, 2.05) is 19.9 Å². The van der Waals surface area contributed by atoms with Crippen molar-refractivity contribution in [2.45, 2.75) is 20.4 Å². The Bertz CT molecular complexity index is 956. The third-order valence-corrected chi connectivity index (χ3v) is 5.44. The Kier molecular flexibility index (Phi) is 5.24. The summed E-state index contributed by atoms with van der Waals surface area (Å²) in [4.78, 5) is 16.7. The summed E-state index contributed by atoms with van der Waals surface area (Å²) in [6.45, 7) is 3.74. The molecule has 8 heteroatoms. The van der Waals surface area contributed by atoms with Gasteiger partial charge in [0.25, 0.3) is 5.56 Å². The molecule has 0 radical (unpaired) electrons. The van der Waals surface area contributed by atoms with Crippen molar-refractivity contribution in [2.24, 2.45) is 5.92 Å². The molecule has 0 amide bonds. The topological polar surface area (TPSA) is 102 Å². The summed E-state index contributed by atoms with van der Waals surface area (Å²) in [5.74, 6) is 0.178. The van der Waals surface area contributed by atoms with Gasteiger partial charge < -0.3 is 9.30 Å². The third-order valence-electron chi connectivity index (χ3n) is 3.46. The molecule has 0 N–H and O–H groups in total. The van der Waals surface area contributed by atoms with Gasteiger partial charge in [-0.15, -0.1) is 0 Å². The number of methoxy groups -OCH3 is 1. The van der Waals surface area contributed by atoms with Crippen molar-refractivity contribution in [3.05, 3.63) is 34.2 Å². The molecule has 7 nitrogen and oxygen atoms in total. The van der Waals surface area contributed by atoms with Gasteiger partial charge in [-0.05, 0) is 18.1 Å². The predicted octanol–water partition coefficient (Wildman–Crippen LogP) is 1.35. The van der Waals surface area contributed by atoms with Crippen LogP contribution in [0.25, 0.3) is 10.9 Å². The predicted molar refractivity (Wildman–Crippen MR) is 90.8 cm³/mol. The van der Waals surface area contributed by atoms with Crippen LogP contribution >= 0.6 is 0 Å². The van der Waals surface area contributed by atoms with Crippen molar-refractivity contribution in [1.82, 2.24) is 9.55 Å². The maximum Gasteiger partial charge on any atom is 0.260 e. The molecule has 0 unspecified atom stereocenters. The molecule has 24 heavy (non-hydrogen) atoms. The summed E-state index contributed by atoms with van der Waals surface area (Å²) in [6, 6.07) is 4.96. The number of hydrogen-bond donors (Lipinski definition) is 0. The lowest BCUT2D eigenvalue weighted by molar-refractivity contribution is 0.398. The molecule has 0 aromatic carbocycles. The molecule has 128 valence electrons. The quantitative estimate of drug-likeness (QED) is 0.780. The molecule has 0 atom stereocenters. The highest BCUT2D eigenvalue weighted by Crippen LogP contribution is 2.19. The largest absolute Gasteiger partial charge is 0.480 e. The minimum absolute atomic E-state index is 0.0400. The number of aromatic nitrogens is 2. The first-order valence-electron chi connectivity index (χ1n) is 7.46. The normalized spacial score (nSPS) is 11.6. The fourth-order valence-corrected chi connectivity index (χ4v) is 4.09. The number of sulfone groups is 1.